The van der Waals surface area contributed by atoms with E-state index >= 15 is 0 Å². The van der Waals surface area contributed by atoms with Crippen molar-refractivity contribution in [1.82, 2.24) is 10.0 Å². The largest absolute Gasteiger partial charge is 0.292 e. The Labute approximate surface area is 184 Å². The van der Waals surface area contributed by atoms with Gasteiger partial charge in [-0.3, -0.25) is 19.2 Å². The van der Waals surface area contributed by atoms with Crippen LogP contribution in [0.1, 0.15) is 27.1 Å². The van der Waals surface area contributed by atoms with E-state index in [9.17, 15) is 19.2 Å². The fourth-order valence-corrected chi connectivity index (χ4v) is 5.08. The third-order valence-corrected chi connectivity index (χ3v) is 6.66. The number of nitrogens with zero attached hydrogens (tertiary/aromatic N) is 2. The topological polar surface area (TPSA) is 74.8 Å². The SMILES string of the molecule is O=C(CN(C(=O)c1ccc(Cl)cc1)N1C(=O)[C@@H]2[C@@H](C1=O)[C@H]1C=C[C@H]2C1)c1ccccc1. The van der Waals surface area contributed by atoms with Crippen LogP contribution >= 0.6 is 11.6 Å². The molecule has 1 saturated heterocycles. The summed E-state index contributed by atoms with van der Waals surface area (Å²) in [6.45, 7) is -0.412. The Morgan fingerprint density at radius 3 is 2.03 bits per heavy atom. The molecule has 0 aromatic heterocycles. The van der Waals surface area contributed by atoms with Gasteiger partial charge < -0.3 is 0 Å². The van der Waals surface area contributed by atoms with Gasteiger partial charge in [0, 0.05) is 16.1 Å². The average molecular weight is 435 g/mol. The summed E-state index contributed by atoms with van der Waals surface area (Å²) in [6.07, 6.45) is 4.76. The number of rotatable bonds is 5. The van der Waals surface area contributed by atoms with Gasteiger partial charge in [0.05, 0.1) is 11.8 Å². The first-order valence-electron chi connectivity index (χ1n) is 10.2. The lowest BCUT2D eigenvalue weighted by molar-refractivity contribution is -0.154. The standard InChI is InChI=1S/C24H19ClN2O4/c25-18-10-8-15(9-11-18)22(29)26(13-19(28)14-4-2-1-3-5-14)27-23(30)20-16-6-7-17(12-16)21(20)24(27)31/h1-11,16-17,20-21H,12-13H2/t16-,17-,20-,21-/m0/s1. The summed E-state index contributed by atoms with van der Waals surface area (Å²) in [4.78, 5) is 52.9. The zero-order valence-corrected chi connectivity index (χ0v) is 17.2. The van der Waals surface area contributed by atoms with Crippen molar-refractivity contribution in [2.24, 2.45) is 23.7 Å². The third kappa shape index (κ3) is 3.18. The molecule has 5 rings (SSSR count). The molecule has 4 atom stereocenters. The summed E-state index contributed by atoms with van der Waals surface area (Å²) in [7, 11) is 0. The van der Waals surface area contributed by atoms with E-state index in [0.717, 1.165) is 16.4 Å². The van der Waals surface area contributed by atoms with E-state index in [4.69, 9.17) is 11.6 Å². The second kappa shape index (κ2) is 7.46. The number of benzene rings is 2. The van der Waals surface area contributed by atoms with E-state index in [1.165, 1.54) is 12.1 Å². The van der Waals surface area contributed by atoms with Gasteiger partial charge in [-0.1, -0.05) is 54.1 Å². The van der Waals surface area contributed by atoms with Crippen molar-refractivity contribution in [3.8, 4) is 0 Å². The van der Waals surface area contributed by atoms with Gasteiger partial charge in [-0.05, 0) is 42.5 Å². The Balaban J connectivity index is 1.50. The van der Waals surface area contributed by atoms with Gasteiger partial charge in [0.15, 0.2) is 5.78 Å². The molecule has 7 heteroatoms. The first-order chi connectivity index (χ1) is 15.0. The maximum absolute atomic E-state index is 13.4. The molecule has 3 amide bonds. The fraction of sp³-hybridized carbons (Fsp3) is 0.250. The van der Waals surface area contributed by atoms with Crippen molar-refractivity contribution in [3.05, 3.63) is 82.9 Å². The van der Waals surface area contributed by atoms with Crippen molar-refractivity contribution < 1.29 is 19.2 Å². The minimum Gasteiger partial charge on any atom is -0.292 e. The molecule has 0 spiro atoms. The number of Topliss-reactive ketones (excluding diaryl/α,β-unsaturated/α-hetero) is 1. The van der Waals surface area contributed by atoms with Crippen LogP contribution in [0, 0.1) is 23.7 Å². The lowest BCUT2D eigenvalue weighted by atomic mass is 9.85. The van der Waals surface area contributed by atoms with Crippen LogP contribution in [0.5, 0.6) is 0 Å². The van der Waals surface area contributed by atoms with Crippen molar-refractivity contribution in [3.63, 3.8) is 0 Å². The number of carbonyl (C=O) groups excluding carboxylic acids is 4. The van der Waals surface area contributed by atoms with Gasteiger partial charge in [0.1, 0.15) is 6.54 Å². The highest BCUT2D eigenvalue weighted by Gasteiger charge is 2.61. The van der Waals surface area contributed by atoms with Gasteiger partial charge in [0.2, 0.25) is 0 Å². The molecule has 1 saturated carbocycles. The highest BCUT2D eigenvalue weighted by Crippen LogP contribution is 2.52. The van der Waals surface area contributed by atoms with Crippen LogP contribution in [0.2, 0.25) is 5.02 Å². The molecular formula is C24H19ClN2O4. The maximum Gasteiger partial charge on any atom is 0.273 e. The second-order valence-corrected chi connectivity index (χ2v) is 8.58. The number of ketones is 1. The molecule has 3 aliphatic rings. The Morgan fingerprint density at radius 2 is 1.45 bits per heavy atom. The van der Waals surface area contributed by atoms with Crippen LogP contribution in [0.4, 0.5) is 0 Å². The zero-order valence-electron chi connectivity index (χ0n) is 16.5. The number of imide groups is 1. The van der Waals surface area contributed by atoms with E-state index in [-0.39, 0.29) is 23.2 Å². The molecular weight excluding hydrogens is 416 g/mol. The van der Waals surface area contributed by atoms with Gasteiger partial charge >= 0.3 is 0 Å². The van der Waals surface area contributed by atoms with Crippen LogP contribution in [-0.4, -0.2) is 40.1 Å². The number of carbonyl (C=O) groups is 4. The van der Waals surface area contributed by atoms with Crippen LogP contribution in [-0.2, 0) is 9.59 Å². The van der Waals surface area contributed by atoms with E-state index in [2.05, 4.69) is 0 Å². The van der Waals surface area contributed by atoms with Gasteiger partial charge in [-0.15, -0.1) is 0 Å². The molecule has 1 aliphatic heterocycles. The van der Waals surface area contributed by atoms with Crippen molar-refractivity contribution >= 4 is 35.1 Å². The van der Waals surface area contributed by atoms with E-state index in [1.807, 2.05) is 12.2 Å². The summed E-state index contributed by atoms with van der Waals surface area (Å²) in [6, 6.07) is 14.6. The van der Waals surface area contributed by atoms with Crippen molar-refractivity contribution in [2.45, 2.75) is 6.42 Å². The predicted octanol–water partition coefficient (Wildman–Crippen LogP) is 3.39. The monoisotopic (exact) mass is 434 g/mol. The van der Waals surface area contributed by atoms with Gasteiger partial charge in [0.25, 0.3) is 17.7 Å². The maximum atomic E-state index is 13.4. The van der Waals surface area contributed by atoms with Gasteiger partial charge in [-0.25, -0.2) is 5.01 Å². The quantitative estimate of drug-likeness (QED) is 0.410. The first-order valence-corrected chi connectivity index (χ1v) is 10.5. The molecule has 2 fully saturated rings. The molecule has 6 nitrogen and oxygen atoms in total. The number of halogens is 1. The van der Waals surface area contributed by atoms with Crippen LogP contribution < -0.4 is 0 Å². The number of hydrazine groups is 1. The highest BCUT2D eigenvalue weighted by molar-refractivity contribution is 6.30. The molecule has 2 aromatic rings. The minimum atomic E-state index is -0.595. The normalized spacial score (nSPS) is 25.8. The molecule has 0 N–H and O–H groups in total. The summed E-state index contributed by atoms with van der Waals surface area (Å²) in [5.74, 6) is -2.68. The number of hydrogen-bond donors (Lipinski definition) is 0. The van der Waals surface area contributed by atoms with Crippen LogP contribution in [0.25, 0.3) is 0 Å². The minimum absolute atomic E-state index is 0.00811. The summed E-state index contributed by atoms with van der Waals surface area (Å²) >= 11 is 5.93. The van der Waals surface area contributed by atoms with E-state index in [0.29, 0.717) is 10.6 Å². The third-order valence-electron chi connectivity index (χ3n) is 6.40. The molecule has 2 aromatic carbocycles. The molecule has 31 heavy (non-hydrogen) atoms. The zero-order chi connectivity index (χ0) is 21.7. The molecule has 0 unspecified atom stereocenters. The van der Waals surface area contributed by atoms with Crippen LogP contribution in [0.3, 0.4) is 0 Å². The summed E-state index contributed by atoms with van der Waals surface area (Å²) in [5, 5.41) is 2.37. The molecule has 2 bridgehead atoms. The smallest absolute Gasteiger partial charge is 0.273 e. The van der Waals surface area contributed by atoms with Crippen LogP contribution in [0.15, 0.2) is 66.7 Å². The lowest BCUT2D eigenvalue weighted by Crippen LogP contribution is -2.52. The molecule has 156 valence electrons. The number of allylic oxidation sites excluding steroid dienone is 2. The molecule has 2 aliphatic carbocycles. The average Bonchev–Trinajstić information content (AvgIpc) is 3.47. The summed E-state index contributed by atoms with van der Waals surface area (Å²) in [5.41, 5.74) is 0.640. The summed E-state index contributed by atoms with van der Waals surface area (Å²) < 4.78 is 0. The molecule has 0 radical (unpaired) electrons. The van der Waals surface area contributed by atoms with E-state index < -0.39 is 36.1 Å². The fourth-order valence-electron chi connectivity index (χ4n) is 4.95. The number of amides is 3. The second-order valence-electron chi connectivity index (χ2n) is 8.15. The Bertz CT molecular complexity index is 1080. The van der Waals surface area contributed by atoms with Crippen molar-refractivity contribution in [2.75, 3.05) is 6.54 Å². The lowest BCUT2D eigenvalue weighted by Gasteiger charge is -2.30. The highest BCUT2D eigenvalue weighted by atomic mass is 35.5. The van der Waals surface area contributed by atoms with Crippen molar-refractivity contribution in [1.29, 1.82) is 0 Å². The van der Waals surface area contributed by atoms with E-state index in [1.54, 1.807) is 42.5 Å². The number of hydrogen-bond acceptors (Lipinski definition) is 4. The Kier molecular flexibility index (Phi) is 4.74. The number of fused-ring (bicyclic) bond motifs is 5. The molecule has 1 heterocycles. The first kappa shape index (κ1) is 19.7. The predicted molar refractivity (Wildman–Crippen MR) is 113 cm³/mol. The Hall–Kier alpha value is -3.25. The Morgan fingerprint density at radius 1 is 0.871 bits per heavy atom. The van der Waals surface area contributed by atoms with Gasteiger partial charge in [-0.2, -0.15) is 5.01 Å².